The first-order valence-electron chi connectivity index (χ1n) is 4.01. The van der Waals surface area contributed by atoms with E-state index in [4.69, 9.17) is 11.5 Å². The Kier molecular flexibility index (Phi) is 2.85. The molecule has 0 radical (unpaired) electrons. The fourth-order valence-electron chi connectivity index (χ4n) is 1.05. The Balaban J connectivity index is 2.97. The number of nitrogens with two attached hydrogens (primary N) is 2. The third kappa shape index (κ3) is 2.17. The van der Waals surface area contributed by atoms with Gasteiger partial charge in [-0.25, -0.2) is 4.39 Å². The second-order valence-electron chi connectivity index (χ2n) is 3.05. The number of aliphatic hydroxyl groups is 1. The molecule has 1 aromatic carbocycles. The second kappa shape index (κ2) is 3.72. The van der Waals surface area contributed by atoms with Gasteiger partial charge in [0.2, 0.25) is 0 Å². The lowest BCUT2D eigenvalue weighted by Crippen LogP contribution is -2.23. The van der Waals surface area contributed by atoms with Crippen LogP contribution in [0.3, 0.4) is 0 Å². The maximum atomic E-state index is 12.7. The van der Waals surface area contributed by atoms with Crippen LogP contribution >= 0.6 is 0 Å². The Morgan fingerprint density at radius 1 is 1.46 bits per heavy atom. The molecule has 0 aromatic heterocycles. The Morgan fingerprint density at radius 3 is 2.54 bits per heavy atom. The zero-order valence-electron chi connectivity index (χ0n) is 7.37. The topological polar surface area (TPSA) is 72.3 Å². The zero-order chi connectivity index (χ0) is 10.0. The van der Waals surface area contributed by atoms with Crippen molar-refractivity contribution >= 4 is 5.69 Å². The van der Waals surface area contributed by atoms with Gasteiger partial charge in [0.05, 0.1) is 17.8 Å². The van der Waals surface area contributed by atoms with Crippen molar-refractivity contribution in [2.45, 2.75) is 19.1 Å². The van der Waals surface area contributed by atoms with Gasteiger partial charge in [-0.2, -0.15) is 0 Å². The van der Waals surface area contributed by atoms with Crippen LogP contribution in [0.15, 0.2) is 18.2 Å². The van der Waals surface area contributed by atoms with Crippen LogP contribution in [0, 0.1) is 5.82 Å². The van der Waals surface area contributed by atoms with E-state index < -0.39 is 18.0 Å². The number of halogens is 1. The van der Waals surface area contributed by atoms with Crippen molar-refractivity contribution in [1.82, 2.24) is 0 Å². The van der Waals surface area contributed by atoms with Gasteiger partial charge in [-0.1, -0.05) is 6.07 Å². The normalized spacial score (nSPS) is 15.4. The zero-order valence-corrected chi connectivity index (χ0v) is 7.37. The molecule has 5 N–H and O–H groups in total. The van der Waals surface area contributed by atoms with E-state index in [1.54, 1.807) is 6.92 Å². The summed E-state index contributed by atoms with van der Waals surface area (Å²) in [5, 5.41) is 9.17. The third-order valence-corrected chi connectivity index (χ3v) is 1.92. The number of aliphatic hydroxyl groups excluding tert-OH is 1. The van der Waals surface area contributed by atoms with E-state index in [0.29, 0.717) is 5.56 Å². The minimum absolute atomic E-state index is 0.0496. The van der Waals surface area contributed by atoms with Gasteiger partial charge in [0.1, 0.15) is 5.82 Å². The molecule has 0 spiro atoms. The van der Waals surface area contributed by atoms with Crippen LogP contribution in [0.2, 0.25) is 0 Å². The van der Waals surface area contributed by atoms with Crippen molar-refractivity contribution < 1.29 is 9.50 Å². The van der Waals surface area contributed by atoms with Gasteiger partial charge in [-0.3, -0.25) is 0 Å². The predicted octanol–water partition coefficient (Wildman–Crippen LogP) is 0.789. The molecule has 2 atom stereocenters. The molecule has 0 aliphatic rings. The number of anilines is 1. The van der Waals surface area contributed by atoms with E-state index >= 15 is 0 Å². The Bertz CT molecular complexity index is 302. The Labute approximate surface area is 76.2 Å². The summed E-state index contributed by atoms with van der Waals surface area (Å²) in [5.74, 6) is -0.471. The number of rotatable bonds is 2. The second-order valence-corrected chi connectivity index (χ2v) is 3.05. The first-order valence-corrected chi connectivity index (χ1v) is 4.01. The standard InChI is InChI=1S/C9H13FN2O/c1-5(13)9(12)6-2-3-7(10)8(11)4-6/h2-5,9,13H,11-12H2,1H3/t5-,9+/m0/s1. The van der Waals surface area contributed by atoms with Gasteiger partial charge >= 0.3 is 0 Å². The molecule has 1 aromatic rings. The molecule has 0 saturated carbocycles. The molecule has 0 aliphatic heterocycles. The highest BCUT2D eigenvalue weighted by Crippen LogP contribution is 2.19. The van der Waals surface area contributed by atoms with Crippen LogP contribution in [0.1, 0.15) is 18.5 Å². The molecule has 0 unspecified atom stereocenters. The summed E-state index contributed by atoms with van der Waals surface area (Å²) < 4.78 is 12.7. The minimum Gasteiger partial charge on any atom is -0.396 e. The van der Waals surface area contributed by atoms with Gasteiger partial charge < -0.3 is 16.6 Å². The summed E-state index contributed by atoms with van der Waals surface area (Å²) in [7, 11) is 0. The largest absolute Gasteiger partial charge is 0.396 e. The van der Waals surface area contributed by atoms with Gasteiger partial charge in [0.25, 0.3) is 0 Å². The van der Waals surface area contributed by atoms with Gasteiger partial charge in [-0.05, 0) is 24.6 Å². The van der Waals surface area contributed by atoms with E-state index in [1.807, 2.05) is 0 Å². The first kappa shape index (κ1) is 9.95. The van der Waals surface area contributed by atoms with E-state index in [0.717, 1.165) is 0 Å². The fraction of sp³-hybridized carbons (Fsp3) is 0.333. The van der Waals surface area contributed by atoms with Crippen LogP contribution in [0.4, 0.5) is 10.1 Å². The minimum atomic E-state index is -0.676. The third-order valence-electron chi connectivity index (χ3n) is 1.92. The van der Waals surface area contributed by atoms with Crippen LogP contribution in [-0.2, 0) is 0 Å². The Hall–Kier alpha value is -1.13. The molecular formula is C9H13FN2O. The number of benzene rings is 1. The quantitative estimate of drug-likeness (QED) is 0.595. The first-order chi connectivity index (χ1) is 6.02. The van der Waals surface area contributed by atoms with Crippen molar-refractivity contribution in [3.8, 4) is 0 Å². The lowest BCUT2D eigenvalue weighted by Gasteiger charge is -2.15. The summed E-state index contributed by atoms with van der Waals surface area (Å²) in [5.41, 5.74) is 11.7. The molecule has 4 heteroatoms. The van der Waals surface area contributed by atoms with Gasteiger partial charge in [-0.15, -0.1) is 0 Å². The van der Waals surface area contributed by atoms with E-state index in [1.165, 1.54) is 18.2 Å². The lowest BCUT2D eigenvalue weighted by atomic mass is 10.0. The summed E-state index contributed by atoms with van der Waals surface area (Å²) in [4.78, 5) is 0. The molecule has 0 aliphatic carbocycles. The molecule has 3 nitrogen and oxygen atoms in total. The SMILES string of the molecule is C[C@H](O)[C@@H](N)c1ccc(F)c(N)c1. The molecule has 0 amide bonds. The molecule has 0 fully saturated rings. The summed E-state index contributed by atoms with van der Waals surface area (Å²) in [6, 6.07) is 3.67. The van der Waals surface area contributed by atoms with Crippen LogP contribution in [0.5, 0.6) is 0 Å². The van der Waals surface area contributed by atoms with Gasteiger partial charge in [0.15, 0.2) is 0 Å². The molecule has 0 saturated heterocycles. The monoisotopic (exact) mass is 184 g/mol. The van der Waals surface area contributed by atoms with E-state index in [9.17, 15) is 9.50 Å². The molecule has 1 rings (SSSR count). The average Bonchev–Trinajstić information content (AvgIpc) is 2.08. The maximum absolute atomic E-state index is 12.7. The van der Waals surface area contributed by atoms with Gasteiger partial charge in [0, 0.05) is 0 Å². The smallest absolute Gasteiger partial charge is 0.146 e. The van der Waals surface area contributed by atoms with E-state index in [-0.39, 0.29) is 5.69 Å². The van der Waals surface area contributed by atoms with Crippen molar-refractivity contribution in [3.05, 3.63) is 29.6 Å². The molecular weight excluding hydrogens is 171 g/mol. The van der Waals surface area contributed by atoms with Crippen LogP contribution in [-0.4, -0.2) is 11.2 Å². The fourth-order valence-corrected chi connectivity index (χ4v) is 1.05. The number of hydrogen-bond donors (Lipinski definition) is 3. The predicted molar refractivity (Wildman–Crippen MR) is 49.4 cm³/mol. The summed E-state index contributed by atoms with van der Waals surface area (Å²) in [6.45, 7) is 1.57. The average molecular weight is 184 g/mol. The van der Waals surface area contributed by atoms with Crippen LogP contribution < -0.4 is 11.5 Å². The maximum Gasteiger partial charge on any atom is 0.146 e. The highest BCUT2D eigenvalue weighted by molar-refractivity contribution is 5.43. The van der Waals surface area contributed by atoms with Crippen molar-refractivity contribution in [1.29, 1.82) is 0 Å². The highest BCUT2D eigenvalue weighted by Gasteiger charge is 2.12. The summed E-state index contributed by atoms with van der Waals surface area (Å²) >= 11 is 0. The number of hydrogen-bond acceptors (Lipinski definition) is 3. The van der Waals surface area contributed by atoms with Crippen LogP contribution in [0.25, 0.3) is 0 Å². The van der Waals surface area contributed by atoms with Crippen molar-refractivity contribution in [2.24, 2.45) is 5.73 Å². The van der Waals surface area contributed by atoms with Crippen molar-refractivity contribution in [2.75, 3.05) is 5.73 Å². The molecule has 72 valence electrons. The number of nitrogen functional groups attached to an aromatic ring is 1. The molecule has 0 heterocycles. The van der Waals surface area contributed by atoms with Crippen molar-refractivity contribution in [3.63, 3.8) is 0 Å². The summed E-state index contributed by atoms with van der Waals surface area (Å²) in [6.07, 6.45) is -0.676. The molecule has 13 heavy (non-hydrogen) atoms. The van der Waals surface area contributed by atoms with E-state index in [2.05, 4.69) is 0 Å². The Morgan fingerprint density at radius 2 is 2.08 bits per heavy atom. The highest BCUT2D eigenvalue weighted by atomic mass is 19.1. The molecule has 0 bridgehead atoms. The lowest BCUT2D eigenvalue weighted by molar-refractivity contribution is 0.164.